The molecular weight excluding hydrogens is 646 g/mol. The van der Waals surface area contributed by atoms with Crippen molar-refractivity contribution in [2.75, 3.05) is 31.3 Å². The molecule has 0 aromatic carbocycles. The van der Waals surface area contributed by atoms with E-state index in [0.717, 1.165) is 0 Å². The van der Waals surface area contributed by atoms with Crippen LogP contribution in [0.4, 0.5) is 11.8 Å². The number of H-pyrrole nitrogens is 1. The number of aromatic amines is 1. The molecule has 7 N–H and O–H groups in total. The Morgan fingerprint density at radius 2 is 1.84 bits per heavy atom. The van der Waals surface area contributed by atoms with E-state index in [1.54, 1.807) is 0 Å². The molecule has 45 heavy (non-hydrogen) atoms. The van der Waals surface area contributed by atoms with Crippen molar-refractivity contribution in [2.45, 2.75) is 48.6 Å². The summed E-state index contributed by atoms with van der Waals surface area (Å²) < 4.78 is 69.1. The van der Waals surface area contributed by atoms with Gasteiger partial charge in [0.15, 0.2) is 35.1 Å². The Morgan fingerprint density at radius 3 is 2.62 bits per heavy atom. The fourth-order valence-electron chi connectivity index (χ4n) is 5.89. The van der Waals surface area contributed by atoms with E-state index in [-0.39, 0.29) is 47.3 Å². The van der Waals surface area contributed by atoms with Gasteiger partial charge in [0.05, 0.1) is 32.5 Å². The Morgan fingerprint density at radius 1 is 1.07 bits per heavy atom. The maximum absolute atomic E-state index is 13.4. The summed E-state index contributed by atoms with van der Waals surface area (Å²) >= 11 is 0. The van der Waals surface area contributed by atoms with E-state index in [1.165, 1.54) is 28.1 Å². The zero-order valence-electron chi connectivity index (χ0n) is 22.6. The minimum absolute atomic E-state index is 0.000199. The summed E-state index contributed by atoms with van der Waals surface area (Å²) in [6.45, 7) is -1.12. The summed E-state index contributed by atoms with van der Waals surface area (Å²) in [6.07, 6.45) is -5.21. The van der Waals surface area contributed by atoms with Crippen LogP contribution in [0, 0.1) is 0 Å². The molecule has 4 saturated heterocycles. The van der Waals surface area contributed by atoms with Gasteiger partial charge in [0.2, 0.25) is 5.95 Å². The largest absolute Gasteiger partial charge is 0.472 e. The smallest absolute Gasteiger partial charge is 0.386 e. The first kappa shape index (κ1) is 29.0. The summed E-state index contributed by atoms with van der Waals surface area (Å²) in [5.74, 6) is -0.116. The van der Waals surface area contributed by atoms with Crippen molar-refractivity contribution in [1.82, 2.24) is 39.0 Å². The number of imidazole rings is 2. The Balaban J connectivity index is 1.12. The van der Waals surface area contributed by atoms with Gasteiger partial charge in [-0.15, -0.1) is 0 Å². The van der Waals surface area contributed by atoms with Crippen molar-refractivity contribution >= 4 is 50.2 Å². The Hall–Kier alpha value is -3.40. The van der Waals surface area contributed by atoms with E-state index in [2.05, 4.69) is 29.9 Å². The van der Waals surface area contributed by atoms with Crippen LogP contribution in [0.25, 0.3) is 22.3 Å². The summed E-state index contributed by atoms with van der Waals surface area (Å²) in [6, 6.07) is 0. The SMILES string of the molecule is Nc1nc2c(ncn2[C@@H]2O[C@@]34CO[C@H]3[C@H]2OP(=O)(O)OCC2O[C@@H](n3cnc5c(N)ncnc53)[C@H](O)[C@@H]2O[PH](=O)OC4)c(=O)[nH]1. The van der Waals surface area contributed by atoms with Crippen LogP contribution < -0.4 is 17.0 Å². The highest BCUT2D eigenvalue weighted by Gasteiger charge is 2.66. The number of anilines is 2. The number of nitrogens with zero attached hydrogens (tertiary/aromatic N) is 7. The van der Waals surface area contributed by atoms with Crippen LogP contribution in [-0.4, -0.2) is 105 Å². The lowest BCUT2D eigenvalue weighted by Gasteiger charge is -2.43. The van der Waals surface area contributed by atoms with Crippen LogP contribution in [0.1, 0.15) is 12.5 Å². The molecule has 22 nitrogen and oxygen atoms in total. The second-order valence-electron chi connectivity index (χ2n) is 10.7. The van der Waals surface area contributed by atoms with Gasteiger partial charge in [-0.25, -0.2) is 24.5 Å². The third-order valence-electron chi connectivity index (χ3n) is 7.98. The first-order valence-electron chi connectivity index (χ1n) is 13.3. The third-order valence-corrected chi connectivity index (χ3v) is 9.81. The Kier molecular flexibility index (Phi) is 6.65. The maximum Gasteiger partial charge on any atom is 0.472 e. The highest BCUT2D eigenvalue weighted by molar-refractivity contribution is 7.47. The molecular formula is C21H24N10O12P2. The van der Waals surface area contributed by atoms with Crippen LogP contribution in [0.15, 0.2) is 23.8 Å². The van der Waals surface area contributed by atoms with Gasteiger partial charge in [-0.1, -0.05) is 0 Å². The van der Waals surface area contributed by atoms with Crippen molar-refractivity contribution in [3.63, 3.8) is 0 Å². The minimum Gasteiger partial charge on any atom is -0.386 e. The summed E-state index contributed by atoms with van der Waals surface area (Å²) in [7, 11) is -8.32. The molecule has 4 aromatic heterocycles. The first-order chi connectivity index (χ1) is 21.5. The molecule has 8 rings (SSSR count). The topological polar surface area (TPSA) is 298 Å². The maximum atomic E-state index is 13.4. The molecule has 2 bridgehead atoms. The lowest BCUT2D eigenvalue weighted by atomic mass is 9.91. The van der Waals surface area contributed by atoms with Gasteiger partial charge in [-0.2, -0.15) is 4.98 Å². The molecule has 8 heterocycles. The van der Waals surface area contributed by atoms with Gasteiger partial charge in [0.1, 0.15) is 48.0 Å². The second-order valence-corrected chi connectivity index (χ2v) is 13.1. The van der Waals surface area contributed by atoms with Gasteiger partial charge < -0.3 is 44.7 Å². The number of aliphatic hydroxyl groups is 1. The predicted molar refractivity (Wildman–Crippen MR) is 145 cm³/mol. The van der Waals surface area contributed by atoms with E-state index in [4.69, 9.17) is 43.8 Å². The number of nitrogen functional groups attached to an aromatic ring is 2. The molecule has 0 amide bonds. The van der Waals surface area contributed by atoms with Gasteiger partial charge in [0.25, 0.3) is 5.56 Å². The van der Waals surface area contributed by atoms with Crippen LogP contribution in [-0.2, 0) is 41.4 Å². The monoisotopic (exact) mass is 670 g/mol. The van der Waals surface area contributed by atoms with E-state index in [1.807, 2.05) is 0 Å². The molecule has 0 saturated carbocycles. The number of phosphoric ester groups is 1. The van der Waals surface area contributed by atoms with Crippen LogP contribution in [0.5, 0.6) is 0 Å². The van der Waals surface area contributed by atoms with Crippen molar-refractivity contribution < 1.29 is 51.4 Å². The average Bonchev–Trinajstić information content (AvgIpc) is 3.71. The summed E-state index contributed by atoms with van der Waals surface area (Å²) in [5, 5.41) is 11.2. The molecule has 0 radical (unpaired) electrons. The quantitative estimate of drug-likeness (QED) is 0.149. The predicted octanol–water partition coefficient (Wildman–Crippen LogP) is -1.64. The number of fused-ring (bicyclic) bond motifs is 3. The molecule has 24 heteroatoms. The summed E-state index contributed by atoms with van der Waals surface area (Å²) in [4.78, 5) is 45.9. The van der Waals surface area contributed by atoms with E-state index in [9.17, 15) is 23.9 Å². The second kappa shape index (κ2) is 10.3. The normalized spacial score (nSPS) is 38.6. The van der Waals surface area contributed by atoms with Crippen LogP contribution in [0.2, 0.25) is 0 Å². The van der Waals surface area contributed by atoms with Crippen LogP contribution >= 0.6 is 16.1 Å². The number of aromatic nitrogens is 8. The molecule has 240 valence electrons. The molecule has 3 unspecified atom stereocenters. The molecule has 10 atom stereocenters. The molecule has 4 fully saturated rings. The Bertz CT molecular complexity index is 1950. The fourth-order valence-corrected chi connectivity index (χ4v) is 7.75. The van der Waals surface area contributed by atoms with E-state index < -0.39 is 76.8 Å². The molecule has 4 aliphatic heterocycles. The number of phosphoric acid groups is 1. The molecule has 0 aliphatic carbocycles. The van der Waals surface area contributed by atoms with Gasteiger partial charge in [-0.05, 0) is 0 Å². The van der Waals surface area contributed by atoms with Crippen LogP contribution in [0.3, 0.4) is 0 Å². The molecule has 4 aliphatic rings. The Labute approximate surface area is 250 Å². The lowest BCUT2D eigenvalue weighted by molar-refractivity contribution is -0.243. The number of nitrogens with two attached hydrogens (primary N) is 2. The van der Waals surface area contributed by atoms with Gasteiger partial charge >= 0.3 is 16.1 Å². The number of aliphatic hydroxyl groups excluding tert-OH is 1. The highest BCUT2D eigenvalue weighted by Crippen LogP contribution is 2.56. The average molecular weight is 670 g/mol. The fraction of sp³-hybridized carbons (Fsp3) is 0.524. The third kappa shape index (κ3) is 4.61. The van der Waals surface area contributed by atoms with E-state index in [0.29, 0.717) is 0 Å². The number of ether oxygens (including phenoxy) is 3. The number of rotatable bonds is 2. The zero-order chi connectivity index (χ0) is 31.2. The number of nitrogens with one attached hydrogen (secondary N) is 1. The highest BCUT2D eigenvalue weighted by atomic mass is 31.2. The van der Waals surface area contributed by atoms with Crippen molar-refractivity contribution in [2.24, 2.45) is 0 Å². The van der Waals surface area contributed by atoms with Gasteiger partial charge in [0, 0.05) is 0 Å². The minimum atomic E-state index is -4.95. The van der Waals surface area contributed by atoms with E-state index >= 15 is 0 Å². The lowest BCUT2D eigenvalue weighted by Crippen LogP contribution is -2.61. The van der Waals surface area contributed by atoms with Crippen molar-refractivity contribution in [3.05, 3.63) is 29.3 Å². The standard InChI is InChI=1S/C21H24N10O12P2/c22-14-8-15(25-4-24-14)30(5-26-8)18-10(32)11-7(40-18)1-39-45(35,36)43-12-13-21(2-37-13,3-38-44(34)42-11)41-19(12)31-6-27-9-16(31)28-20(23)29-17(9)33/h4-7,10-13,18-19,32,44H,1-3H2,(H,35,36)(H2,22,24,25)(H3,23,28,29,33)/t7?,10-,11-,12-,13+,18-,19-,21-/m1/s1. The number of hydrogen-bond donors (Lipinski definition) is 5. The van der Waals surface area contributed by atoms with Crippen molar-refractivity contribution in [3.8, 4) is 0 Å². The van der Waals surface area contributed by atoms with Crippen molar-refractivity contribution in [1.29, 1.82) is 0 Å². The van der Waals surface area contributed by atoms with Gasteiger partial charge in [-0.3, -0.25) is 32.5 Å². The molecule has 0 spiro atoms. The number of hydrogen-bond acceptors (Lipinski definition) is 18. The first-order valence-corrected chi connectivity index (χ1v) is 16.0. The summed E-state index contributed by atoms with van der Waals surface area (Å²) in [5.41, 5.74) is 10.0. The zero-order valence-corrected chi connectivity index (χ0v) is 24.5. The molecule has 4 aromatic rings.